The summed E-state index contributed by atoms with van der Waals surface area (Å²) in [6, 6.07) is 9.88. The van der Waals surface area contributed by atoms with Crippen molar-refractivity contribution in [1.82, 2.24) is 0 Å². The van der Waals surface area contributed by atoms with Gasteiger partial charge in [-0.25, -0.2) is 8.42 Å². The maximum atomic E-state index is 11.6. The molecule has 0 N–H and O–H groups in total. The number of hydrogen-bond donors (Lipinski definition) is 0. The summed E-state index contributed by atoms with van der Waals surface area (Å²) in [5.41, 5.74) is 0. The monoisotopic (exact) mass is 219 g/mol. The molecule has 0 bridgehead atoms. The van der Waals surface area contributed by atoms with Gasteiger partial charge < -0.3 is 0 Å². The van der Waals surface area contributed by atoms with Crippen LogP contribution in [0.15, 0.2) is 58.9 Å². The average molecular weight is 219 g/mol. The van der Waals surface area contributed by atoms with Gasteiger partial charge in [0.25, 0.3) is 0 Å². The minimum Gasteiger partial charge on any atom is -0.219 e. The molecule has 1 rings (SSSR count). The minimum absolute atomic E-state index is 0.242. The lowest BCUT2D eigenvalue weighted by Crippen LogP contribution is -1.94. The molecule has 3 nitrogen and oxygen atoms in total. The summed E-state index contributed by atoms with van der Waals surface area (Å²) in [5, 5.41) is 9.26. The predicted octanol–water partition coefficient (Wildman–Crippen LogP) is 2.05. The second-order valence-electron chi connectivity index (χ2n) is 2.67. The van der Waals surface area contributed by atoms with E-state index in [1.807, 2.05) is 0 Å². The maximum Gasteiger partial charge on any atom is 0.199 e. The first-order valence-electron chi connectivity index (χ1n) is 4.20. The highest BCUT2D eigenvalue weighted by atomic mass is 32.2. The van der Waals surface area contributed by atoms with Crippen molar-refractivity contribution in [2.45, 2.75) is 4.90 Å². The highest BCUT2D eigenvalue weighted by molar-refractivity contribution is 7.94. The molecule has 76 valence electrons. The van der Waals surface area contributed by atoms with Gasteiger partial charge in [0.15, 0.2) is 9.84 Å². The van der Waals surface area contributed by atoms with E-state index in [0.29, 0.717) is 0 Å². The van der Waals surface area contributed by atoms with Crippen LogP contribution in [0.2, 0.25) is 0 Å². The number of rotatable bonds is 3. The highest BCUT2D eigenvalue weighted by Gasteiger charge is 2.07. The van der Waals surface area contributed by atoms with Crippen molar-refractivity contribution < 1.29 is 8.42 Å². The van der Waals surface area contributed by atoms with Crippen LogP contribution in [0.5, 0.6) is 0 Å². The van der Waals surface area contributed by atoms with Crippen molar-refractivity contribution in [3.8, 4) is 6.07 Å². The lowest BCUT2D eigenvalue weighted by molar-refractivity contribution is 0.604. The Balaban J connectivity index is 2.92. The second-order valence-corrected chi connectivity index (χ2v) is 4.51. The summed E-state index contributed by atoms with van der Waals surface area (Å²) in [6.45, 7) is 0. The minimum atomic E-state index is -3.38. The molecule has 0 saturated heterocycles. The fourth-order valence-electron chi connectivity index (χ4n) is 0.936. The quantitative estimate of drug-likeness (QED) is 0.577. The number of nitrogens with zero attached hydrogens (tertiary/aromatic N) is 1. The van der Waals surface area contributed by atoms with Crippen molar-refractivity contribution in [2.75, 3.05) is 0 Å². The van der Waals surface area contributed by atoms with Gasteiger partial charge in [0.2, 0.25) is 0 Å². The third kappa shape index (κ3) is 3.41. The molecule has 4 heteroatoms. The molecule has 0 aliphatic carbocycles. The fourth-order valence-corrected chi connectivity index (χ4v) is 1.93. The zero-order valence-corrected chi connectivity index (χ0v) is 8.68. The van der Waals surface area contributed by atoms with E-state index >= 15 is 0 Å². The third-order valence-electron chi connectivity index (χ3n) is 1.61. The average Bonchev–Trinajstić information content (AvgIpc) is 2.26. The van der Waals surface area contributed by atoms with Crippen LogP contribution >= 0.6 is 0 Å². The van der Waals surface area contributed by atoms with Gasteiger partial charge in [-0.3, -0.25) is 0 Å². The molecule has 1 aromatic carbocycles. The highest BCUT2D eigenvalue weighted by Crippen LogP contribution is 2.10. The van der Waals surface area contributed by atoms with Gasteiger partial charge in [0.1, 0.15) is 0 Å². The molecule has 0 radical (unpaired) electrons. The van der Waals surface area contributed by atoms with Crippen molar-refractivity contribution in [3.63, 3.8) is 0 Å². The van der Waals surface area contributed by atoms with E-state index in [-0.39, 0.29) is 4.90 Å². The second kappa shape index (κ2) is 5.13. The molecule has 15 heavy (non-hydrogen) atoms. The van der Waals surface area contributed by atoms with Crippen LogP contribution in [0.4, 0.5) is 0 Å². The normalized spacial score (nSPS) is 11.9. The smallest absolute Gasteiger partial charge is 0.199 e. The molecule has 0 fully saturated rings. The van der Waals surface area contributed by atoms with E-state index in [1.165, 1.54) is 30.4 Å². The molecule has 0 spiro atoms. The van der Waals surface area contributed by atoms with Crippen LogP contribution < -0.4 is 0 Å². The molecule has 0 saturated carbocycles. The zero-order chi connectivity index (χ0) is 11.1. The first-order valence-corrected chi connectivity index (χ1v) is 5.74. The first kappa shape index (κ1) is 11.2. The Hall–Kier alpha value is -1.86. The van der Waals surface area contributed by atoms with Crippen molar-refractivity contribution in [2.24, 2.45) is 0 Å². The first-order chi connectivity index (χ1) is 7.17. The molecule has 0 aliphatic rings. The number of hydrogen-bond acceptors (Lipinski definition) is 3. The van der Waals surface area contributed by atoms with E-state index in [2.05, 4.69) is 0 Å². The summed E-state index contributed by atoms with van der Waals surface area (Å²) in [4.78, 5) is 0.242. The Morgan fingerprint density at radius 1 is 1.13 bits per heavy atom. The number of allylic oxidation sites excluding steroid dienone is 3. The Bertz CT molecular complexity index is 507. The Morgan fingerprint density at radius 3 is 2.40 bits per heavy atom. The van der Waals surface area contributed by atoms with Crippen LogP contribution in [-0.2, 0) is 9.84 Å². The summed E-state index contributed by atoms with van der Waals surface area (Å²) >= 11 is 0. The lowest BCUT2D eigenvalue weighted by atomic mass is 10.4. The van der Waals surface area contributed by atoms with Gasteiger partial charge in [-0.1, -0.05) is 24.3 Å². The van der Waals surface area contributed by atoms with Crippen molar-refractivity contribution in [3.05, 3.63) is 54.0 Å². The molecule has 0 amide bonds. The van der Waals surface area contributed by atoms with E-state index in [1.54, 1.807) is 24.3 Å². The summed E-state index contributed by atoms with van der Waals surface area (Å²) in [6.07, 6.45) is 3.91. The molecule has 1 aromatic rings. The van der Waals surface area contributed by atoms with Crippen LogP contribution in [0.3, 0.4) is 0 Å². The molecule has 0 unspecified atom stereocenters. The maximum absolute atomic E-state index is 11.6. The van der Waals surface area contributed by atoms with Gasteiger partial charge in [0.05, 0.1) is 11.0 Å². The molecule has 0 aliphatic heterocycles. The van der Waals surface area contributed by atoms with Crippen LogP contribution in [-0.4, -0.2) is 8.42 Å². The van der Waals surface area contributed by atoms with Crippen LogP contribution in [0.1, 0.15) is 0 Å². The summed E-state index contributed by atoms with van der Waals surface area (Å²) in [7, 11) is -3.38. The topological polar surface area (TPSA) is 57.9 Å². The summed E-state index contributed by atoms with van der Waals surface area (Å²) < 4.78 is 23.2. The molecular weight excluding hydrogens is 210 g/mol. The molecular formula is C11H9NO2S. The van der Waals surface area contributed by atoms with Crippen LogP contribution in [0.25, 0.3) is 0 Å². The standard InChI is InChI=1S/C11H9NO2S/c12-9-5-2-6-10-15(13,14)11-7-3-1-4-8-11/h1-8,10H/b5-2+,10-6+. The third-order valence-corrected chi connectivity index (χ3v) is 3.06. The Labute approximate surface area is 88.9 Å². The Morgan fingerprint density at radius 2 is 1.80 bits per heavy atom. The SMILES string of the molecule is N#C/C=C/C=C/S(=O)(=O)c1ccccc1. The van der Waals surface area contributed by atoms with Gasteiger partial charge in [0, 0.05) is 11.5 Å². The predicted molar refractivity (Wildman–Crippen MR) is 57.5 cm³/mol. The van der Waals surface area contributed by atoms with E-state index in [4.69, 9.17) is 5.26 Å². The van der Waals surface area contributed by atoms with Gasteiger partial charge >= 0.3 is 0 Å². The number of benzene rings is 1. The Kier molecular flexibility index (Phi) is 3.83. The lowest BCUT2D eigenvalue weighted by Gasteiger charge is -1.96. The van der Waals surface area contributed by atoms with Crippen LogP contribution in [0, 0.1) is 11.3 Å². The number of sulfone groups is 1. The zero-order valence-electron chi connectivity index (χ0n) is 7.87. The van der Waals surface area contributed by atoms with E-state index in [0.717, 1.165) is 5.41 Å². The fraction of sp³-hybridized carbons (Fsp3) is 0. The van der Waals surface area contributed by atoms with E-state index in [9.17, 15) is 8.42 Å². The van der Waals surface area contributed by atoms with E-state index < -0.39 is 9.84 Å². The molecule has 0 heterocycles. The van der Waals surface area contributed by atoms with Crippen molar-refractivity contribution >= 4 is 9.84 Å². The van der Waals surface area contributed by atoms with Gasteiger partial charge in [-0.15, -0.1) is 0 Å². The van der Waals surface area contributed by atoms with Crippen molar-refractivity contribution in [1.29, 1.82) is 5.26 Å². The van der Waals surface area contributed by atoms with Gasteiger partial charge in [-0.2, -0.15) is 5.26 Å². The molecule has 0 aromatic heterocycles. The summed E-state index contributed by atoms with van der Waals surface area (Å²) in [5.74, 6) is 0. The van der Waals surface area contributed by atoms with Gasteiger partial charge in [-0.05, 0) is 18.2 Å². The number of nitriles is 1. The molecule has 0 atom stereocenters. The largest absolute Gasteiger partial charge is 0.219 e.